The highest BCUT2D eigenvalue weighted by Gasteiger charge is 2.09. The van der Waals surface area contributed by atoms with Crippen LogP contribution in [-0.2, 0) is 0 Å². The Morgan fingerprint density at radius 3 is 2.74 bits per heavy atom. The van der Waals surface area contributed by atoms with Crippen LogP contribution in [0.25, 0.3) is 0 Å². The number of hydrogen-bond donors (Lipinski definition) is 2. The van der Waals surface area contributed by atoms with E-state index < -0.39 is 6.10 Å². The molecule has 0 spiro atoms. The van der Waals surface area contributed by atoms with Crippen molar-refractivity contribution in [2.24, 2.45) is 0 Å². The zero-order chi connectivity index (χ0) is 13.8. The van der Waals surface area contributed by atoms with Crippen LogP contribution < -0.4 is 5.32 Å². The van der Waals surface area contributed by atoms with E-state index in [1.807, 2.05) is 24.3 Å². The van der Waals surface area contributed by atoms with E-state index in [0.29, 0.717) is 17.3 Å². The van der Waals surface area contributed by atoms with Crippen LogP contribution in [0.15, 0.2) is 46.9 Å². The highest BCUT2D eigenvalue weighted by atomic mass is 79.9. The fourth-order valence-corrected chi connectivity index (χ4v) is 2.32. The van der Waals surface area contributed by atoms with Crippen LogP contribution in [0.4, 0.5) is 10.1 Å². The maximum atomic E-state index is 12.9. The van der Waals surface area contributed by atoms with Gasteiger partial charge in [0.25, 0.3) is 0 Å². The molecule has 0 saturated carbocycles. The lowest BCUT2D eigenvalue weighted by Gasteiger charge is -2.14. The minimum absolute atomic E-state index is 0.293. The standard InChI is InChI=1S/C14H12BrClFNO/c15-10-3-1-2-9(6-10)14(19)8-18-13-5-4-11(17)7-12(13)16/h1-7,14,18-19H,8H2. The quantitative estimate of drug-likeness (QED) is 0.862. The van der Waals surface area contributed by atoms with Gasteiger partial charge in [-0.25, -0.2) is 4.39 Å². The number of halogens is 3. The molecule has 1 atom stereocenters. The average Bonchev–Trinajstić information content (AvgIpc) is 2.37. The molecule has 0 fully saturated rings. The third kappa shape index (κ3) is 3.93. The number of aliphatic hydroxyl groups is 1. The van der Waals surface area contributed by atoms with Crippen molar-refractivity contribution in [3.8, 4) is 0 Å². The molecule has 0 saturated heterocycles. The normalized spacial score (nSPS) is 12.2. The van der Waals surface area contributed by atoms with Gasteiger partial charge in [0.15, 0.2) is 0 Å². The van der Waals surface area contributed by atoms with E-state index in [9.17, 15) is 9.50 Å². The van der Waals surface area contributed by atoms with Gasteiger partial charge in [0.05, 0.1) is 16.8 Å². The highest BCUT2D eigenvalue weighted by molar-refractivity contribution is 9.10. The first kappa shape index (κ1) is 14.3. The van der Waals surface area contributed by atoms with Crippen molar-refractivity contribution in [3.63, 3.8) is 0 Å². The van der Waals surface area contributed by atoms with E-state index in [1.54, 1.807) is 6.07 Å². The zero-order valence-electron chi connectivity index (χ0n) is 9.91. The highest BCUT2D eigenvalue weighted by Crippen LogP contribution is 2.24. The van der Waals surface area contributed by atoms with Gasteiger partial charge in [-0.3, -0.25) is 0 Å². The van der Waals surface area contributed by atoms with Crippen molar-refractivity contribution in [2.75, 3.05) is 11.9 Å². The molecular weight excluding hydrogens is 333 g/mol. The first-order chi connectivity index (χ1) is 9.06. The zero-order valence-corrected chi connectivity index (χ0v) is 12.2. The summed E-state index contributed by atoms with van der Waals surface area (Å²) < 4.78 is 13.8. The first-order valence-electron chi connectivity index (χ1n) is 5.69. The Morgan fingerprint density at radius 2 is 2.05 bits per heavy atom. The Morgan fingerprint density at radius 1 is 1.26 bits per heavy atom. The summed E-state index contributed by atoms with van der Waals surface area (Å²) in [6.07, 6.45) is -0.668. The lowest BCUT2D eigenvalue weighted by Crippen LogP contribution is -2.12. The van der Waals surface area contributed by atoms with Crippen LogP contribution in [0.2, 0.25) is 5.02 Å². The molecule has 0 bridgehead atoms. The molecule has 0 radical (unpaired) electrons. The summed E-state index contributed by atoms with van der Waals surface area (Å²) in [5.41, 5.74) is 1.39. The second kappa shape index (κ2) is 6.37. The van der Waals surface area contributed by atoms with Crippen LogP contribution in [0.1, 0.15) is 11.7 Å². The monoisotopic (exact) mass is 343 g/mol. The van der Waals surface area contributed by atoms with Crippen molar-refractivity contribution in [2.45, 2.75) is 6.10 Å². The predicted molar refractivity (Wildman–Crippen MR) is 79.0 cm³/mol. The summed E-state index contributed by atoms with van der Waals surface area (Å²) in [6.45, 7) is 0.293. The SMILES string of the molecule is OC(CNc1ccc(F)cc1Cl)c1cccc(Br)c1. The van der Waals surface area contributed by atoms with E-state index in [0.717, 1.165) is 10.0 Å². The molecule has 0 aromatic heterocycles. The molecule has 2 N–H and O–H groups in total. The van der Waals surface area contributed by atoms with Gasteiger partial charge in [-0.15, -0.1) is 0 Å². The molecule has 2 aromatic carbocycles. The van der Waals surface area contributed by atoms with Gasteiger partial charge in [-0.2, -0.15) is 0 Å². The Balaban J connectivity index is 2.02. The molecule has 0 aliphatic rings. The van der Waals surface area contributed by atoms with E-state index in [4.69, 9.17) is 11.6 Å². The van der Waals surface area contributed by atoms with E-state index in [-0.39, 0.29) is 5.82 Å². The van der Waals surface area contributed by atoms with Crippen molar-refractivity contribution < 1.29 is 9.50 Å². The molecule has 2 aromatic rings. The Bertz CT molecular complexity index is 579. The van der Waals surface area contributed by atoms with Crippen molar-refractivity contribution in [1.82, 2.24) is 0 Å². The maximum Gasteiger partial charge on any atom is 0.124 e. The topological polar surface area (TPSA) is 32.3 Å². The smallest absolute Gasteiger partial charge is 0.124 e. The minimum Gasteiger partial charge on any atom is -0.387 e. The number of rotatable bonds is 4. The van der Waals surface area contributed by atoms with Crippen LogP contribution in [-0.4, -0.2) is 11.7 Å². The van der Waals surface area contributed by atoms with Crippen LogP contribution in [0, 0.1) is 5.82 Å². The average molecular weight is 345 g/mol. The molecule has 0 aliphatic carbocycles. The van der Waals surface area contributed by atoms with Gasteiger partial charge in [-0.05, 0) is 35.9 Å². The molecule has 1 unspecified atom stereocenters. The summed E-state index contributed by atoms with van der Waals surface area (Å²) in [6, 6.07) is 11.5. The predicted octanol–water partition coefficient (Wildman–Crippen LogP) is 4.39. The van der Waals surface area contributed by atoms with E-state index in [2.05, 4.69) is 21.2 Å². The maximum absolute atomic E-state index is 12.9. The van der Waals surface area contributed by atoms with Gasteiger partial charge in [0, 0.05) is 11.0 Å². The van der Waals surface area contributed by atoms with E-state index >= 15 is 0 Å². The molecule has 2 rings (SSSR count). The largest absolute Gasteiger partial charge is 0.387 e. The summed E-state index contributed by atoms with van der Waals surface area (Å²) >= 11 is 9.24. The lowest BCUT2D eigenvalue weighted by atomic mass is 10.1. The Hall–Kier alpha value is -1.10. The fraction of sp³-hybridized carbons (Fsp3) is 0.143. The summed E-state index contributed by atoms with van der Waals surface area (Å²) in [4.78, 5) is 0. The van der Waals surface area contributed by atoms with E-state index in [1.165, 1.54) is 12.1 Å². The lowest BCUT2D eigenvalue weighted by molar-refractivity contribution is 0.191. The third-order valence-electron chi connectivity index (χ3n) is 2.65. The van der Waals surface area contributed by atoms with Gasteiger partial charge in [0.2, 0.25) is 0 Å². The molecule has 5 heteroatoms. The van der Waals surface area contributed by atoms with Gasteiger partial charge >= 0.3 is 0 Å². The fourth-order valence-electron chi connectivity index (χ4n) is 1.67. The van der Waals surface area contributed by atoms with Crippen LogP contribution in [0.5, 0.6) is 0 Å². The Kier molecular flexibility index (Phi) is 4.80. The first-order valence-corrected chi connectivity index (χ1v) is 6.86. The molecule has 19 heavy (non-hydrogen) atoms. The number of nitrogens with one attached hydrogen (secondary N) is 1. The second-order valence-electron chi connectivity index (χ2n) is 4.08. The third-order valence-corrected chi connectivity index (χ3v) is 3.46. The van der Waals surface area contributed by atoms with Gasteiger partial charge < -0.3 is 10.4 Å². The van der Waals surface area contributed by atoms with Crippen LogP contribution in [0.3, 0.4) is 0 Å². The van der Waals surface area contributed by atoms with Crippen molar-refractivity contribution in [1.29, 1.82) is 0 Å². The molecule has 2 nitrogen and oxygen atoms in total. The summed E-state index contributed by atoms with van der Waals surface area (Å²) in [5, 5.41) is 13.3. The Labute approximate surface area is 124 Å². The molecule has 0 amide bonds. The van der Waals surface area contributed by atoms with Crippen molar-refractivity contribution in [3.05, 3.63) is 63.3 Å². The van der Waals surface area contributed by atoms with Gasteiger partial charge in [0.1, 0.15) is 5.82 Å². The van der Waals surface area contributed by atoms with Crippen LogP contribution >= 0.6 is 27.5 Å². The molecule has 0 heterocycles. The minimum atomic E-state index is -0.668. The van der Waals surface area contributed by atoms with Gasteiger partial charge in [-0.1, -0.05) is 39.7 Å². The second-order valence-corrected chi connectivity index (χ2v) is 5.40. The summed E-state index contributed by atoms with van der Waals surface area (Å²) in [5.74, 6) is -0.386. The number of benzene rings is 2. The number of hydrogen-bond acceptors (Lipinski definition) is 2. The molecule has 100 valence electrons. The molecular formula is C14H12BrClFNO. The van der Waals surface area contributed by atoms with Crippen molar-refractivity contribution >= 4 is 33.2 Å². The number of anilines is 1. The number of aliphatic hydroxyl groups excluding tert-OH is 1. The molecule has 0 aliphatic heterocycles. The summed E-state index contributed by atoms with van der Waals surface area (Å²) in [7, 11) is 0.